The number of para-hydroxylation sites is 1. The van der Waals surface area contributed by atoms with Crippen molar-refractivity contribution in [1.29, 1.82) is 0 Å². The van der Waals surface area contributed by atoms with Gasteiger partial charge in [0.1, 0.15) is 5.56 Å². The first kappa shape index (κ1) is 7.67. The SMILES string of the molecule is NC(=O)c1c(O)[nH]c2ccccc12. The third-order valence-electron chi connectivity index (χ3n) is 1.93. The standard InChI is InChI=1S/C9H8N2O2/c10-8(12)7-5-3-1-2-4-6(5)11-9(7)13/h1-4,11,13H,(H2,10,12). The molecule has 0 saturated carbocycles. The van der Waals surface area contributed by atoms with Crippen molar-refractivity contribution >= 4 is 16.8 Å². The van der Waals surface area contributed by atoms with Crippen molar-refractivity contribution in [2.24, 2.45) is 5.73 Å². The highest BCUT2D eigenvalue weighted by atomic mass is 16.3. The molecule has 1 heterocycles. The number of benzene rings is 1. The Hall–Kier alpha value is -1.97. The van der Waals surface area contributed by atoms with Crippen LogP contribution in [0.4, 0.5) is 0 Å². The molecule has 0 fully saturated rings. The molecule has 1 aromatic heterocycles. The molecule has 1 aromatic carbocycles. The molecule has 4 N–H and O–H groups in total. The van der Waals surface area contributed by atoms with Crippen molar-refractivity contribution in [2.75, 3.05) is 0 Å². The molecule has 4 nitrogen and oxygen atoms in total. The summed E-state index contributed by atoms with van der Waals surface area (Å²) < 4.78 is 0. The normalized spacial score (nSPS) is 10.5. The van der Waals surface area contributed by atoms with Gasteiger partial charge >= 0.3 is 0 Å². The van der Waals surface area contributed by atoms with E-state index in [1.165, 1.54) is 0 Å². The minimum Gasteiger partial charge on any atom is -0.494 e. The Balaban J connectivity index is 2.86. The minimum atomic E-state index is -0.630. The van der Waals surface area contributed by atoms with Crippen LogP contribution in [0.15, 0.2) is 24.3 Å². The molecule has 0 aliphatic carbocycles. The van der Waals surface area contributed by atoms with Gasteiger partial charge < -0.3 is 15.8 Å². The lowest BCUT2D eigenvalue weighted by atomic mass is 10.1. The van der Waals surface area contributed by atoms with Crippen molar-refractivity contribution in [3.8, 4) is 5.88 Å². The first-order valence-electron chi connectivity index (χ1n) is 3.79. The average Bonchev–Trinajstić information content (AvgIpc) is 2.39. The number of carbonyl (C=O) groups excluding carboxylic acids is 1. The van der Waals surface area contributed by atoms with Gasteiger partial charge in [0.15, 0.2) is 0 Å². The molecule has 0 bridgehead atoms. The number of primary amides is 1. The first-order valence-corrected chi connectivity index (χ1v) is 3.79. The lowest BCUT2D eigenvalue weighted by Crippen LogP contribution is -2.10. The predicted molar refractivity (Wildman–Crippen MR) is 48.5 cm³/mol. The van der Waals surface area contributed by atoms with Gasteiger partial charge in [0, 0.05) is 10.9 Å². The second-order valence-electron chi connectivity index (χ2n) is 2.76. The summed E-state index contributed by atoms with van der Waals surface area (Å²) in [5, 5.41) is 9.99. The van der Waals surface area contributed by atoms with Gasteiger partial charge in [-0.1, -0.05) is 18.2 Å². The number of rotatable bonds is 1. The average molecular weight is 176 g/mol. The van der Waals surface area contributed by atoms with Gasteiger partial charge in [-0.05, 0) is 6.07 Å². The topological polar surface area (TPSA) is 79.1 Å². The van der Waals surface area contributed by atoms with Gasteiger partial charge in [0.25, 0.3) is 5.91 Å². The minimum absolute atomic E-state index is 0.149. The van der Waals surface area contributed by atoms with Crippen LogP contribution in [0.5, 0.6) is 5.88 Å². The van der Waals surface area contributed by atoms with E-state index in [-0.39, 0.29) is 11.4 Å². The van der Waals surface area contributed by atoms with Gasteiger partial charge in [0.05, 0.1) is 0 Å². The molecule has 0 aliphatic heterocycles. The molecule has 1 amide bonds. The van der Waals surface area contributed by atoms with Crippen molar-refractivity contribution < 1.29 is 9.90 Å². The summed E-state index contributed by atoms with van der Waals surface area (Å²) in [6.07, 6.45) is 0. The van der Waals surface area contributed by atoms with E-state index in [2.05, 4.69) is 4.98 Å². The molecule has 13 heavy (non-hydrogen) atoms. The molecule has 0 spiro atoms. The maximum Gasteiger partial charge on any atom is 0.254 e. The molecule has 0 saturated heterocycles. The zero-order chi connectivity index (χ0) is 9.42. The second kappa shape index (κ2) is 2.52. The van der Waals surface area contributed by atoms with Crippen LogP contribution in [0.3, 0.4) is 0 Å². The number of hydrogen-bond donors (Lipinski definition) is 3. The van der Waals surface area contributed by atoms with Crippen molar-refractivity contribution in [3.05, 3.63) is 29.8 Å². The van der Waals surface area contributed by atoms with Crippen LogP contribution in [0, 0.1) is 0 Å². The molecule has 0 unspecified atom stereocenters. The highest BCUT2D eigenvalue weighted by Gasteiger charge is 2.14. The lowest BCUT2D eigenvalue weighted by molar-refractivity contribution is 0.0999. The Morgan fingerprint density at radius 1 is 1.38 bits per heavy atom. The fraction of sp³-hybridized carbons (Fsp3) is 0. The number of aromatic hydroxyl groups is 1. The molecule has 2 aromatic rings. The number of nitrogens with two attached hydrogens (primary N) is 1. The molecule has 2 rings (SSSR count). The van der Waals surface area contributed by atoms with E-state index >= 15 is 0 Å². The molecular weight excluding hydrogens is 168 g/mol. The fourth-order valence-electron chi connectivity index (χ4n) is 1.38. The number of fused-ring (bicyclic) bond motifs is 1. The van der Waals surface area contributed by atoms with Crippen molar-refractivity contribution in [1.82, 2.24) is 4.98 Å². The first-order chi connectivity index (χ1) is 6.20. The number of nitrogens with one attached hydrogen (secondary N) is 1. The van der Waals surface area contributed by atoms with Gasteiger partial charge in [0.2, 0.25) is 5.88 Å². The number of carbonyl (C=O) groups is 1. The highest BCUT2D eigenvalue weighted by molar-refractivity contribution is 6.08. The summed E-state index contributed by atoms with van der Waals surface area (Å²) in [7, 11) is 0. The third kappa shape index (κ3) is 1.03. The molecule has 0 aliphatic rings. The molecule has 4 heteroatoms. The second-order valence-corrected chi connectivity index (χ2v) is 2.76. The number of H-pyrrole nitrogens is 1. The number of hydrogen-bond acceptors (Lipinski definition) is 2. The molecule has 0 radical (unpaired) electrons. The van der Waals surface area contributed by atoms with Gasteiger partial charge in [-0.25, -0.2) is 0 Å². The van der Waals surface area contributed by atoms with Crippen LogP contribution >= 0.6 is 0 Å². The van der Waals surface area contributed by atoms with Crippen molar-refractivity contribution in [3.63, 3.8) is 0 Å². The Morgan fingerprint density at radius 3 is 2.77 bits per heavy atom. The third-order valence-corrected chi connectivity index (χ3v) is 1.93. The van der Waals surface area contributed by atoms with Gasteiger partial charge in [-0.2, -0.15) is 0 Å². The Kier molecular flexibility index (Phi) is 1.48. The van der Waals surface area contributed by atoms with Crippen LogP contribution in [0.2, 0.25) is 0 Å². The van der Waals surface area contributed by atoms with E-state index in [4.69, 9.17) is 5.73 Å². The summed E-state index contributed by atoms with van der Waals surface area (Å²) in [6, 6.07) is 7.08. The van der Waals surface area contributed by atoms with Crippen LogP contribution in [0.25, 0.3) is 10.9 Å². The zero-order valence-electron chi connectivity index (χ0n) is 6.74. The fourth-order valence-corrected chi connectivity index (χ4v) is 1.38. The number of aromatic amines is 1. The molecular formula is C9H8N2O2. The quantitative estimate of drug-likeness (QED) is 0.605. The Bertz CT molecular complexity index is 473. The summed E-state index contributed by atoms with van der Waals surface area (Å²) in [5.41, 5.74) is 5.96. The summed E-state index contributed by atoms with van der Waals surface area (Å²) in [4.78, 5) is 13.6. The van der Waals surface area contributed by atoms with Crippen LogP contribution in [-0.4, -0.2) is 16.0 Å². The van der Waals surface area contributed by atoms with Gasteiger partial charge in [-0.3, -0.25) is 4.79 Å². The van der Waals surface area contributed by atoms with E-state index in [9.17, 15) is 9.90 Å². The Labute approximate surface area is 74.0 Å². The molecule has 0 atom stereocenters. The number of amides is 1. The smallest absolute Gasteiger partial charge is 0.254 e. The largest absolute Gasteiger partial charge is 0.494 e. The van der Waals surface area contributed by atoms with Crippen LogP contribution < -0.4 is 5.73 Å². The number of aromatic nitrogens is 1. The van der Waals surface area contributed by atoms with E-state index < -0.39 is 5.91 Å². The molecule has 66 valence electrons. The van der Waals surface area contributed by atoms with E-state index in [1.54, 1.807) is 18.2 Å². The maximum atomic E-state index is 10.9. The predicted octanol–water partition coefficient (Wildman–Crippen LogP) is 0.972. The van der Waals surface area contributed by atoms with Crippen LogP contribution in [-0.2, 0) is 0 Å². The van der Waals surface area contributed by atoms with Gasteiger partial charge in [-0.15, -0.1) is 0 Å². The van der Waals surface area contributed by atoms with Crippen molar-refractivity contribution in [2.45, 2.75) is 0 Å². The summed E-state index contributed by atoms with van der Waals surface area (Å²) >= 11 is 0. The Morgan fingerprint density at radius 2 is 2.08 bits per heavy atom. The lowest BCUT2D eigenvalue weighted by Gasteiger charge is -1.91. The monoisotopic (exact) mass is 176 g/mol. The van der Waals surface area contributed by atoms with E-state index in [0.29, 0.717) is 10.9 Å². The van der Waals surface area contributed by atoms with Crippen LogP contribution in [0.1, 0.15) is 10.4 Å². The highest BCUT2D eigenvalue weighted by Crippen LogP contribution is 2.25. The summed E-state index contributed by atoms with van der Waals surface area (Å²) in [6.45, 7) is 0. The maximum absolute atomic E-state index is 10.9. The van der Waals surface area contributed by atoms with E-state index in [1.807, 2.05) is 6.07 Å². The zero-order valence-corrected chi connectivity index (χ0v) is 6.74. The summed E-state index contributed by atoms with van der Waals surface area (Å²) in [5.74, 6) is -0.802. The van der Waals surface area contributed by atoms with E-state index in [0.717, 1.165) is 0 Å².